The van der Waals surface area contributed by atoms with E-state index in [1.54, 1.807) is 0 Å². The van der Waals surface area contributed by atoms with E-state index in [4.69, 9.17) is 0 Å². The predicted octanol–water partition coefficient (Wildman–Crippen LogP) is 3.76. The summed E-state index contributed by atoms with van der Waals surface area (Å²) >= 11 is 3.40. The summed E-state index contributed by atoms with van der Waals surface area (Å²) in [4.78, 5) is 4.42. The molecule has 1 N–H and O–H groups in total. The van der Waals surface area contributed by atoms with Gasteiger partial charge in [-0.25, -0.2) is 4.98 Å². The van der Waals surface area contributed by atoms with Gasteiger partial charge in [0.05, 0.1) is 5.69 Å². The van der Waals surface area contributed by atoms with Gasteiger partial charge in [0.2, 0.25) is 0 Å². The van der Waals surface area contributed by atoms with Crippen LogP contribution in [0.1, 0.15) is 38.3 Å². The van der Waals surface area contributed by atoms with E-state index in [1.165, 1.54) is 25.7 Å². The summed E-state index contributed by atoms with van der Waals surface area (Å²) in [5.74, 6) is 1.78. The molecule has 1 aromatic rings. The second kappa shape index (κ2) is 6.50. The lowest BCUT2D eigenvalue weighted by Gasteiger charge is -2.26. The third kappa shape index (κ3) is 4.40. The van der Waals surface area contributed by atoms with Crippen molar-refractivity contribution in [1.29, 1.82) is 0 Å². The molecule has 2 rings (SSSR count). The molecule has 2 atom stereocenters. The number of aromatic nitrogens is 1. The Kier molecular flexibility index (Phi) is 4.99. The Bertz CT molecular complexity index is 354. The average Bonchev–Trinajstić information content (AvgIpc) is 2.29. The molecule has 0 spiro atoms. The fourth-order valence-corrected chi connectivity index (χ4v) is 3.08. The van der Waals surface area contributed by atoms with Crippen molar-refractivity contribution in [1.82, 2.24) is 10.3 Å². The number of nitrogens with one attached hydrogen (secondary N) is 1. The van der Waals surface area contributed by atoms with Gasteiger partial charge >= 0.3 is 0 Å². The maximum Gasteiger partial charge on any atom is 0.106 e. The lowest BCUT2D eigenvalue weighted by Crippen LogP contribution is -2.26. The Balaban J connectivity index is 1.72. The fourth-order valence-electron chi connectivity index (χ4n) is 2.70. The molecule has 94 valence electrons. The number of halogens is 1. The van der Waals surface area contributed by atoms with Gasteiger partial charge in [0.25, 0.3) is 0 Å². The number of rotatable bonds is 4. The molecule has 1 aliphatic carbocycles. The van der Waals surface area contributed by atoms with Crippen LogP contribution < -0.4 is 5.32 Å². The van der Waals surface area contributed by atoms with Crippen LogP contribution in [0.25, 0.3) is 0 Å². The van der Waals surface area contributed by atoms with Gasteiger partial charge < -0.3 is 5.32 Å². The molecule has 17 heavy (non-hydrogen) atoms. The average molecular weight is 297 g/mol. The van der Waals surface area contributed by atoms with Crippen LogP contribution in [-0.2, 0) is 6.54 Å². The van der Waals surface area contributed by atoms with E-state index < -0.39 is 0 Å². The standard InChI is InChI=1S/C14H21BrN2/c1-11-4-2-5-12(8-11)9-16-10-13-6-3-7-14(15)17-13/h3,6-7,11-12,16H,2,4-5,8-10H2,1H3. The van der Waals surface area contributed by atoms with Crippen molar-refractivity contribution in [3.63, 3.8) is 0 Å². The summed E-state index contributed by atoms with van der Waals surface area (Å²) in [5.41, 5.74) is 1.11. The van der Waals surface area contributed by atoms with Crippen molar-refractivity contribution in [2.75, 3.05) is 6.54 Å². The van der Waals surface area contributed by atoms with E-state index in [-0.39, 0.29) is 0 Å². The van der Waals surface area contributed by atoms with Crippen LogP contribution in [-0.4, -0.2) is 11.5 Å². The maximum absolute atomic E-state index is 4.42. The van der Waals surface area contributed by atoms with Crippen molar-refractivity contribution in [2.45, 2.75) is 39.2 Å². The van der Waals surface area contributed by atoms with E-state index in [9.17, 15) is 0 Å². The van der Waals surface area contributed by atoms with E-state index in [1.807, 2.05) is 12.1 Å². The predicted molar refractivity (Wildman–Crippen MR) is 74.8 cm³/mol. The second-order valence-electron chi connectivity index (χ2n) is 5.22. The zero-order valence-corrected chi connectivity index (χ0v) is 12.0. The highest BCUT2D eigenvalue weighted by Crippen LogP contribution is 2.27. The minimum Gasteiger partial charge on any atom is -0.311 e. The van der Waals surface area contributed by atoms with Crippen LogP contribution in [0.3, 0.4) is 0 Å². The minimum absolute atomic E-state index is 0.867. The van der Waals surface area contributed by atoms with E-state index in [2.05, 4.69) is 39.2 Å². The minimum atomic E-state index is 0.867. The van der Waals surface area contributed by atoms with E-state index in [0.29, 0.717) is 0 Å². The quantitative estimate of drug-likeness (QED) is 0.856. The molecule has 0 aliphatic heterocycles. The zero-order chi connectivity index (χ0) is 12.1. The summed E-state index contributed by atoms with van der Waals surface area (Å²) in [6.45, 7) is 4.39. The normalized spacial score (nSPS) is 24.8. The Morgan fingerprint density at radius 3 is 3.06 bits per heavy atom. The first-order chi connectivity index (χ1) is 8.24. The highest BCUT2D eigenvalue weighted by Gasteiger charge is 2.18. The largest absolute Gasteiger partial charge is 0.311 e. The molecule has 0 aromatic carbocycles. The fraction of sp³-hybridized carbons (Fsp3) is 0.643. The van der Waals surface area contributed by atoms with Crippen molar-refractivity contribution in [2.24, 2.45) is 11.8 Å². The molecular weight excluding hydrogens is 276 g/mol. The molecule has 1 aliphatic rings. The van der Waals surface area contributed by atoms with Crippen LogP contribution in [0.15, 0.2) is 22.8 Å². The topological polar surface area (TPSA) is 24.9 Å². The number of hydrogen-bond donors (Lipinski definition) is 1. The van der Waals surface area contributed by atoms with Gasteiger partial charge in [0.1, 0.15) is 4.60 Å². The molecule has 0 amide bonds. The van der Waals surface area contributed by atoms with Crippen LogP contribution in [0.2, 0.25) is 0 Å². The zero-order valence-electron chi connectivity index (χ0n) is 10.5. The SMILES string of the molecule is CC1CCCC(CNCc2cccc(Br)n2)C1. The smallest absolute Gasteiger partial charge is 0.106 e. The first-order valence-electron chi connectivity index (χ1n) is 6.56. The van der Waals surface area contributed by atoms with Gasteiger partial charge in [-0.1, -0.05) is 25.8 Å². The summed E-state index contributed by atoms with van der Waals surface area (Å²) in [6.07, 6.45) is 5.61. The highest BCUT2D eigenvalue weighted by molar-refractivity contribution is 9.10. The van der Waals surface area contributed by atoms with Gasteiger partial charge in [-0.3, -0.25) is 0 Å². The lowest BCUT2D eigenvalue weighted by atomic mass is 9.82. The molecule has 2 unspecified atom stereocenters. The number of pyridine rings is 1. The second-order valence-corrected chi connectivity index (χ2v) is 6.03. The molecule has 0 radical (unpaired) electrons. The van der Waals surface area contributed by atoms with Gasteiger partial charge in [0.15, 0.2) is 0 Å². The number of nitrogens with zero attached hydrogens (tertiary/aromatic N) is 1. The summed E-state index contributed by atoms with van der Waals surface area (Å²) in [5, 5.41) is 3.54. The maximum atomic E-state index is 4.42. The molecular formula is C14H21BrN2. The van der Waals surface area contributed by atoms with Crippen molar-refractivity contribution in [3.05, 3.63) is 28.5 Å². The van der Waals surface area contributed by atoms with Crippen LogP contribution in [0.4, 0.5) is 0 Å². The molecule has 1 aromatic heterocycles. The molecule has 0 saturated heterocycles. The summed E-state index contributed by atoms with van der Waals surface area (Å²) in [7, 11) is 0. The molecule has 0 bridgehead atoms. The molecule has 1 fully saturated rings. The number of hydrogen-bond acceptors (Lipinski definition) is 2. The Hall–Kier alpha value is -0.410. The monoisotopic (exact) mass is 296 g/mol. The van der Waals surface area contributed by atoms with Crippen LogP contribution in [0, 0.1) is 11.8 Å². The summed E-state index contributed by atoms with van der Waals surface area (Å²) in [6, 6.07) is 6.07. The van der Waals surface area contributed by atoms with E-state index in [0.717, 1.165) is 35.2 Å². The first kappa shape index (κ1) is 13.0. The first-order valence-corrected chi connectivity index (χ1v) is 7.35. The molecule has 1 saturated carbocycles. The third-order valence-electron chi connectivity index (χ3n) is 3.56. The van der Waals surface area contributed by atoms with Gasteiger partial charge in [-0.05, 0) is 59.3 Å². The lowest BCUT2D eigenvalue weighted by molar-refractivity contribution is 0.274. The van der Waals surface area contributed by atoms with Crippen molar-refractivity contribution >= 4 is 15.9 Å². The van der Waals surface area contributed by atoms with Crippen LogP contribution >= 0.6 is 15.9 Å². The van der Waals surface area contributed by atoms with Gasteiger partial charge in [0, 0.05) is 6.54 Å². The van der Waals surface area contributed by atoms with Crippen molar-refractivity contribution < 1.29 is 0 Å². The Labute approximate surface area is 112 Å². The molecule has 2 nitrogen and oxygen atoms in total. The Morgan fingerprint density at radius 2 is 2.29 bits per heavy atom. The van der Waals surface area contributed by atoms with Gasteiger partial charge in [-0.15, -0.1) is 0 Å². The van der Waals surface area contributed by atoms with Gasteiger partial charge in [-0.2, -0.15) is 0 Å². The van der Waals surface area contributed by atoms with Crippen LogP contribution in [0.5, 0.6) is 0 Å². The van der Waals surface area contributed by atoms with Crippen molar-refractivity contribution in [3.8, 4) is 0 Å². The third-order valence-corrected chi connectivity index (χ3v) is 4.00. The molecule has 3 heteroatoms. The summed E-state index contributed by atoms with van der Waals surface area (Å²) < 4.78 is 0.920. The molecule has 1 heterocycles. The highest BCUT2D eigenvalue weighted by atomic mass is 79.9. The Morgan fingerprint density at radius 1 is 1.41 bits per heavy atom. The van der Waals surface area contributed by atoms with E-state index >= 15 is 0 Å².